The molecular weight excluding hydrogens is 229 g/mol. The first-order valence-electron chi connectivity index (χ1n) is 5.95. The molecule has 2 rings (SSSR count). The van der Waals surface area contributed by atoms with Crippen molar-refractivity contribution in [1.82, 2.24) is 15.3 Å². The molecule has 0 aromatic carbocycles. The van der Waals surface area contributed by atoms with E-state index in [2.05, 4.69) is 15.3 Å². The fourth-order valence-corrected chi connectivity index (χ4v) is 1.82. The Labute approximate surface area is 106 Å². The van der Waals surface area contributed by atoms with Gasteiger partial charge in [0.25, 0.3) is 0 Å². The van der Waals surface area contributed by atoms with E-state index < -0.39 is 0 Å². The lowest BCUT2D eigenvalue weighted by Gasteiger charge is -2.19. The molecule has 2 heterocycles. The normalized spacial score (nSPS) is 14.2. The molecule has 0 amide bonds. The number of halogens is 1. The van der Waals surface area contributed by atoms with E-state index in [-0.39, 0.29) is 17.9 Å². The molecule has 0 aliphatic rings. The van der Waals surface area contributed by atoms with Crippen LogP contribution in [0.25, 0.3) is 0 Å². The Hall–Kier alpha value is -1.81. The molecule has 0 aliphatic carbocycles. The van der Waals surface area contributed by atoms with Crippen LogP contribution in [0.15, 0.2) is 42.7 Å². The standard InChI is InChI=1S/C14H16FN3/c1-10(13-5-3-4-8-16-13)18-11(2)14-7-6-12(15)9-17-14/h3-11,18H,1-2H3/t10-,11?/m1/s1. The van der Waals surface area contributed by atoms with Gasteiger partial charge in [-0.25, -0.2) is 4.39 Å². The number of hydrogen-bond acceptors (Lipinski definition) is 3. The second kappa shape index (κ2) is 5.69. The molecule has 0 fully saturated rings. The first kappa shape index (κ1) is 12.6. The molecule has 0 aliphatic heterocycles. The topological polar surface area (TPSA) is 37.8 Å². The Bertz CT molecular complexity index is 484. The molecule has 1 unspecified atom stereocenters. The van der Waals surface area contributed by atoms with Crippen LogP contribution < -0.4 is 5.32 Å². The van der Waals surface area contributed by atoms with Crippen LogP contribution in [0.3, 0.4) is 0 Å². The monoisotopic (exact) mass is 245 g/mol. The van der Waals surface area contributed by atoms with Crippen LogP contribution in [0.5, 0.6) is 0 Å². The molecule has 2 atom stereocenters. The van der Waals surface area contributed by atoms with Crippen LogP contribution in [0.2, 0.25) is 0 Å². The molecule has 0 saturated carbocycles. The van der Waals surface area contributed by atoms with Gasteiger partial charge in [-0.1, -0.05) is 6.07 Å². The van der Waals surface area contributed by atoms with E-state index >= 15 is 0 Å². The SMILES string of the molecule is CC(N[C@H](C)c1ccccn1)c1ccc(F)cn1. The lowest BCUT2D eigenvalue weighted by atomic mass is 10.1. The van der Waals surface area contributed by atoms with Gasteiger partial charge in [0.2, 0.25) is 0 Å². The summed E-state index contributed by atoms with van der Waals surface area (Å²) in [6, 6.07) is 9.10. The molecule has 4 heteroatoms. The molecular formula is C14H16FN3. The van der Waals surface area contributed by atoms with Crippen molar-refractivity contribution in [1.29, 1.82) is 0 Å². The second-order valence-corrected chi connectivity index (χ2v) is 4.27. The maximum Gasteiger partial charge on any atom is 0.141 e. The minimum Gasteiger partial charge on any atom is -0.301 e. The molecule has 0 radical (unpaired) electrons. The Morgan fingerprint density at radius 3 is 2.28 bits per heavy atom. The highest BCUT2D eigenvalue weighted by molar-refractivity contribution is 5.12. The summed E-state index contributed by atoms with van der Waals surface area (Å²) >= 11 is 0. The Balaban J connectivity index is 2.03. The molecule has 1 N–H and O–H groups in total. The van der Waals surface area contributed by atoms with Crippen LogP contribution in [0, 0.1) is 5.82 Å². The van der Waals surface area contributed by atoms with Crippen LogP contribution in [0.4, 0.5) is 4.39 Å². The lowest BCUT2D eigenvalue weighted by Crippen LogP contribution is -2.23. The lowest BCUT2D eigenvalue weighted by molar-refractivity contribution is 0.477. The molecule has 0 spiro atoms. The zero-order valence-corrected chi connectivity index (χ0v) is 10.5. The van der Waals surface area contributed by atoms with Crippen molar-refractivity contribution < 1.29 is 4.39 Å². The van der Waals surface area contributed by atoms with Crippen molar-refractivity contribution in [2.45, 2.75) is 25.9 Å². The predicted octanol–water partition coefficient (Wildman–Crippen LogP) is 3.03. The van der Waals surface area contributed by atoms with Crippen molar-refractivity contribution in [3.05, 3.63) is 59.9 Å². The zero-order valence-electron chi connectivity index (χ0n) is 10.5. The maximum atomic E-state index is 12.8. The highest BCUT2D eigenvalue weighted by Gasteiger charge is 2.12. The fourth-order valence-electron chi connectivity index (χ4n) is 1.82. The van der Waals surface area contributed by atoms with Gasteiger partial charge in [0.05, 0.1) is 17.6 Å². The van der Waals surface area contributed by atoms with Crippen molar-refractivity contribution in [3.8, 4) is 0 Å². The quantitative estimate of drug-likeness (QED) is 0.899. The van der Waals surface area contributed by atoms with Gasteiger partial charge >= 0.3 is 0 Å². The van der Waals surface area contributed by atoms with Gasteiger partial charge in [-0.15, -0.1) is 0 Å². The summed E-state index contributed by atoms with van der Waals surface area (Å²) in [6.07, 6.45) is 3.01. The van der Waals surface area contributed by atoms with E-state index in [9.17, 15) is 4.39 Å². The van der Waals surface area contributed by atoms with Gasteiger partial charge in [0, 0.05) is 18.3 Å². The third-order valence-electron chi connectivity index (χ3n) is 2.83. The van der Waals surface area contributed by atoms with Crippen LogP contribution in [0.1, 0.15) is 37.3 Å². The number of hydrogen-bond donors (Lipinski definition) is 1. The summed E-state index contributed by atoms with van der Waals surface area (Å²) in [5, 5.41) is 3.38. The van der Waals surface area contributed by atoms with E-state index in [1.54, 1.807) is 12.3 Å². The molecule has 0 bridgehead atoms. The molecule has 94 valence electrons. The Morgan fingerprint density at radius 2 is 1.72 bits per heavy atom. The van der Waals surface area contributed by atoms with Crippen LogP contribution >= 0.6 is 0 Å². The number of nitrogens with one attached hydrogen (secondary N) is 1. The predicted molar refractivity (Wildman–Crippen MR) is 68.4 cm³/mol. The average Bonchev–Trinajstić information content (AvgIpc) is 2.40. The van der Waals surface area contributed by atoms with E-state index in [1.165, 1.54) is 12.3 Å². The van der Waals surface area contributed by atoms with Crippen molar-refractivity contribution in [2.75, 3.05) is 0 Å². The van der Waals surface area contributed by atoms with Gasteiger partial charge < -0.3 is 5.32 Å². The molecule has 2 aromatic rings. The number of pyridine rings is 2. The summed E-state index contributed by atoms with van der Waals surface area (Å²) in [6.45, 7) is 4.04. The summed E-state index contributed by atoms with van der Waals surface area (Å²) in [5.41, 5.74) is 1.80. The number of aromatic nitrogens is 2. The number of rotatable bonds is 4. The van der Waals surface area contributed by atoms with Gasteiger partial charge in [0.1, 0.15) is 5.82 Å². The second-order valence-electron chi connectivity index (χ2n) is 4.27. The van der Waals surface area contributed by atoms with E-state index in [0.29, 0.717) is 0 Å². The molecule has 3 nitrogen and oxygen atoms in total. The minimum absolute atomic E-state index is 0.0441. The highest BCUT2D eigenvalue weighted by atomic mass is 19.1. The summed E-state index contributed by atoms with van der Waals surface area (Å²) in [4.78, 5) is 8.36. The third kappa shape index (κ3) is 3.11. The van der Waals surface area contributed by atoms with Crippen LogP contribution in [-0.4, -0.2) is 9.97 Å². The highest BCUT2D eigenvalue weighted by Crippen LogP contribution is 2.16. The molecule has 2 aromatic heterocycles. The van der Waals surface area contributed by atoms with Gasteiger partial charge in [-0.3, -0.25) is 9.97 Å². The molecule has 0 saturated heterocycles. The van der Waals surface area contributed by atoms with E-state index in [0.717, 1.165) is 11.4 Å². The molecule has 18 heavy (non-hydrogen) atoms. The van der Waals surface area contributed by atoms with Gasteiger partial charge in [-0.2, -0.15) is 0 Å². The Morgan fingerprint density at radius 1 is 1.00 bits per heavy atom. The average molecular weight is 245 g/mol. The van der Waals surface area contributed by atoms with E-state index in [1.807, 2.05) is 32.0 Å². The van der Waals surface area contributed by atoms with Gasteiger partial charge in [-0.05, 0) is 38.1 Å². The summed E-state index contributed by atoms with van der Waals surface area (Å²) in [5.74, 6) is -0.316. The Kier molecular flexibility index (Phi) is 3.99. The maximum absolute atomic E-state index is 12.8. The summed E-state index contributed by atoms with van der Waals surface area (Å²) < 4.78 is 12.8. The first-order valence-corrected chi connectivity index (χ1v) is 5.95. The van der Waals surface area contributed by atoms with Crippen molar-refractivity contribution >= 4 is 0 Å². The summed E-state index contributed by atoms with van der Waals surface area (Å²) in [7, 11) is 0. The third-order valence-corrected chi connectivity index (χ3v) is 2.83. The zero-order chi connectivity index (χ0) is 13.0. The first-order chi connectivity index (χ1) is 8.66. The minimum atomic E-state index is -0.316. The van der Waals surface area contributed by atoms with E-state index in [4.69, 9.17) is 0 Å². The van der Waals surface area contributed by atoms with Crippen molar-refractivity contribution in [2.24, 2.45) is 0 Å². The number of nitrogens with zero attached hydrogens (tertiary/aromatic N) is 2. The van der Waals surface area contributed by atoms with Gasteiger partial charge in [0.15, 0.2) is 0 Å². The fraction of sp³-hybridized carbons (Fsp3) is 0.286. The van der Waals surface area contributed by atoms with Crippen LogP contribution in [-0.2, 0) is 0 Å². The smallest absolute Gasteiger partial charge is 0.141 e. The van der Waals surface area contributed by atoms with Crippen molar-refractivity contribution in [3.63, 3.8) is 0 Å². The largest absolute Gasteiger partial charge is 0.301 e.